The lowest BCUT2D eigenvalue weighted by Crippen LogP contribution is -2.29. The van der Waals surface area contributed by atoms with E-state index >= 15 is 0 Å². The van der Waals surface area contributed by atoms with E-state index in [-0.39, 0.29) is 0 Å². The van der Waals surface area contributed by atoms with Gasteiger partial charge in [0.2, 0.25) is 6.39 Å². The summed E-state index contributed by atoms with van der Waals surface area (Å²) in [5.41, 5.74) is 0. The van der Waals surface area contributed by atoms with Crippen LogP contribution >= 0.6 is 0 Å². The van der Waals surface area contributed by atoms with E-state index in [2.05, 4.69) is 33.8 Å². The van der Waals surface area contributed by atoms with E-state index in [0.29, 0.717) is 6.04 Å². The summed E-state index contributed by atoms with van der Waals surface area (Å²) >= 11 is 0. The summed E-state index contributed by atoms with van der Waals surface area (Å²) in [6, 6.07) is 0.618. The normalized spacial score (nSPS) is 11.0. The SMILES string of the molecule is CCC(CC)NCCc1ncon1. The van der Waals surface area contributed by atoms with Crippen LogP contribution in [0.25, 0.3) is 0 Å². The van der Waals surface area contributed by atoms with E-state index in [1.54, 1.807) is 0 Å². The maximum atomic E-state index is 4.64. The van der Waals surface area contributed by atoms with E-state index < -0.39 is 0 Å². The molecule has 0 fully saturated rings. The quantitative estimate of drug-likeness (QED) is 0.724. The minimum atomic E-state index is 0.618. The van der Waals surface area contributed by atoms with E-state index in [0.717, 1.165) is 18.8 Å². The third kappa shape index (κ3) is 3.55. The van der Waals surface area contributed by atoms with Gasteiger partial charge in [-0.15, -0.1) is 0 Å². The highest BCUT2D eigenvalue weighted by Gasteiger charge is 2.02. The van der Waals surface area contributed by atoms with Crippen LogP contribution in [0.2, 0.25) is 0 Å². The Morgan fingerprint density at radius 1 is 1.46 bits per heavy atom. The molecule has 0 saturated heterocycles. The zero-order valence-electron chi connectivity index (χ0n) is 8.29. The van der Waals surface area contributed by atoms with Crippen molar-refractivity contribution in [1.82, 2.24) is 15.5 Å². The molecule has 0 bridgehead atoms. The van der Waals surface area contributed by atoms with E-state index in [1.807, 2.05) is 0 Å². The van der Waals surface area contributed by atoms with Crippen LogP contribution in [0.3, 0.4) is 0 Å². The van der Waals surface area contributed by atoms with Crippen molar-refractivity contribution >= 4 is 0 Å². The Hall–Kier alpha value is -0.900. The third-order valence-electron chi connectivity index (χ3n) is 2.17. The maximum absolute atomic E-state index is 4.64. The summed E-state index contributed by atoms with van der Waals surface area (Å²) in [7, 11) is 0. The van der Waals surface area contributed by atoms with Crippen LogP contribution in [0.1, 0.15) is 32.5 Å². The maximum Gasteiger partial charge on any atom is 0.213 e. The van der Waals surface area contributed by atoms with Crippen molar-refractivity contribution in [3.05, 3.63) is 12.2 Å². The number of nitrogens with one attached hydrogen (secondary N) is 1. The molecule has 0 aliphatic rings. The molecular weight excluding hydrogens is 166 g/mol. The van der Waals surface area contributed by atoms with Gasteiger partial charge in [0.15, 0.2) is 5.82 Å². The van der Waals surface area contributed by atoms with Crippen LogP contribution in [0.4, 0.5) is 0 Å². The Kier molecular flexibility index (Phi) is 4.46. The summed E-state index contributed by atoms with van der Waals surface area (Å²) in [5, 5.41) is 7.17. The average molecular weight is 183 g/mol. The lowest BCUT2D eigenvalue weighted by molar-refractivity contribution is 0.407. The average Bonchev–Trinajstić information content (AvgIpc) is 2.65. The first kappa shape index (κ1) is 10.2. The molecule has 1 heterocycles. The molecular formula is C9H17N3O. The largest absolute Gasteiger partial charge is 0.343 e. The van der Waals surface area contributed by atoms with Gasteiger partial charge in [-0.1, -0.05) is 19.0 Å². The van der Waals surface area contributed by atoms with E-state index in [1.165, 1.54) is 19.2 Å². The fourth-order valence-corrected chi connectivity index (χ4v) is 1.27. The van der Waals surface area contributed by atoms with Gasteiger partial charge >= 0.3 is 0 Å². The van der Waals surface area contributed by atoms with Crippen molar-refractivity contribution in [2.75, 3.05) is 6.54 Å². The number of hydrogen-bond acceptors (Lipinski definition) is 4. The van der Waals surface area contributed by atoms with Gasteiger partial charge in [-0.25, -0.2) is 0 Å². The van der Waals surface area contributed by atoms with Crippen LogP contribution in [-0.4, -0.2) is 22.7 Å². The van der Waals surface area contributed by atoms with Crippen molar-refractivity contribution in [2.45, 2.75) is 39.2 Å². The predicted molar refractivity (Wildman–Crippen MR) is 50.4 cm³/mol. The molecule has 0 amide bonds. The number of nitrogens with zero attached hydrogens (tertiary/aromatic N) is 2. The standard InChI is InChI=1S/C9H17N3O/c1-3-8(4-2)10-6-5-9-11-7-13-12-9/h7-8,10H,3-6H2,1-2H3. The van der Waals surface area contributed by atoms with Gasteiger partial charge in [0, 0.05) is 19.0 Å². The molecule has 74 valence electrons. The summed E-state index contributed by atoms with van der Waals surface area (Å²) in [4.78, 5) is 3.95. The molecule has 4 heteroatoms. The first-order valence-electron chi connectivity index (χ1n) is 4.85. The molecule has 1 aromatic rings. The lowest BCUT2D eigenvalue weighted by atomic mass is 10.2. The van der Waals surface area contributed by atoms with Gasteiger partial charge in [-0.05, 0) is 12.8 Å². The molecule has 13 heavy (non-hydrogen) atoms. The van der Waals surface area contributed by atoms with Gasteiger partial charge < -0.3 is 9.84 Å². The van der Waals surface area contributed by atoms with Crippen LogP contribution in [0.15, 0.2) is 10.9 Å². The van der Waals surface area contributed by atoms with Crippen molar-refractivity contribution in [1.29, 1.82) is 0 Å². The topological polar surface area (TPSA) is 51.0 Å². The van der Waals surface area contributed by atoms with Crippen LogP contribution in [-0.2, 0) is 6.42 Å². The van der Waals surface area contributed by atoms with E-state index in [4.69, 9.17) is 0 Å². The highest BCUT2D eigenvalue weighted by Crippen LogP contribution is 1.96. The Labute approximate surface area is 78.7 Å². The second-order valence-electron chi connectivity index (χ2n) is 3.06. The summed E-state index contributed by atoms with van der Waals surface area (Å²) in [6.45, 7) is 5.30. The zero-order chi connectivity index (χ0) is 9.52. The molecule has 1 N–H and O–H groups in total. The monoisotopic (exact) mass is 183 g/mol. The summed E-state index contributed by atoms with van der Waals surface area (Å²) < 4.78 is 4.64. The second-order valence-corrected chi connectivity index (χ2v) is 3.06. The smallest absolute Gasteiger partial charge is 0.213 e. The first-order chi connectivity index (χ1) is 6.36. The highest BCUT2D eigenvalue weighted by molar-refractivity contribution is 4.79. The van der Waals surface area contributed by atoms with Crippen molar-refractivity contribution in [3.8, 4) is 0 Å². The molecule has 1 aromatic heterocycles. The van der Waals surface area contributed by atoms with Crippen LogP contribution < -0.4 is 5.32 Å². The first-order valence-corrected chi connectivity index (χ1v) is 4.85. The number of hydrogen-bond donors (Lipinski definition) is 1. The molecule has 1 rings (SSSR count). The third-order valence-corrected chi connectivity index (χ3v) is 2.17. The lowest BCUT2D eigenvalue weighted by Gasteiger charge is -2.13. The molecule has 0 radical (unpaired) electrons. The molecule has 0 aliphatic carbocycles. The second kappa shape index (κ2) is 5.70. The van der Waals surface area contributed by atoms with Gasteiger partial charge in [0.25, 0.3) is 0 Å². The Bertz CT molecular complexity index is 207. The minimum Gasteiger partial charge on any atom is -0.343 e. The fourth-order valence-electron chi connectivity index (χ4n) is 1.27. The molecule has 0 atom stereocenters. The van der Waals surface area contributed by atoms with Crippen molar-refractivity contribution in [3.63, 3.8) is 0 Å². The predicted octanol–water partition coefficient (Wildman–Crippen LogP) is 1.39. The van der Waals surface area contributed by atoms with Crippen LogP contribution in [0, 0.1) is 0 Å². The molecule has 0 aliphatic heterocycles. The Balaban J connectivity index is 2.13. The molecule has 0 spiro atoms. The van der Waals surface area contributed by atoms with Gasteiger partial charge in [0.1, 0.15) is 0 Å². The van der Waals surface area contributed by atoms with Gasteiger partial charge in [-0.3, -0.25) is 0 Å². The van der Waals surface area contributed by atoms with Crippen molar-refractivity contribution in [2.24, 2.45) is 0 Å². The van der Waals surface area contributed by atoms with Crippen LogP contribution in [0.5, 0.6) is 0 Å². The number of rotatable bonds is 6. The fraction of sp³-hybridized carbons (Fsp3) is 0.778. The van der Waals surface area contributed by atoms with E-state index in [9.17, 15) is 0 Å². The van der Waals surface area contributed by atoms with Crippen molar-refractivity contribution < 1.29 is 4.52 Å². The summed E-state index contributed by atoms with van der Waals surface area (Å²) in [5.74, 6) is 0.776. The van der Waals surface area contributed by atoms with Gasteiger partial charge in [0.05, 0.1) is 0 Å². The molecule has 0 aromatic carbocycles. The number of aromatic nitrogens is 2. The van der Waals surface area contributed by atoms with Gasteiger partial charge in [-0.2, -0.15) is 4.98 Å². The Morgan fingerprint density at radius 2 is 2.23 bits per heavy atom. The molecule has 0 saturated carbocycles. The molecule has 4 nitrogen and oxygen atoms in total. The zero-order valence-corrected chi connectivity index (χ0v) is 8.29. The molecule has 0 unspecified atom stereocenters. The minimum absolute atomic E-state index is 0.618. The Morgan fingerprint density at radius 3 is 2.77 bits per heavy atom. The summed E-state index contributed by atoms with van der Waals surface area (Å²) in [6.07, 6.45) is 4.55. The highest BCUT2D eigenvalue weighted by atomic mass is 16.5.